The summed E-state index contributed by atoms with van der Waals surface area (Å²) in [6, 6.07) is 5.87. The van der Waals surface area contributed by atoms with E-state index in [0.29, 0.717) is 17.1 Å². The van der Waals surface area contributed by atoms with E-state index in [4.69, 9.17) is 14.7 Å². The minimum atomic E-state index is 0.620. The second-order valence-corrected chi connectivity index (χ2v) is 4.03. The largest absolute Gasteiger partial charge is 0.493 e. The van der Waals surface area contributed by atoms with Crippen molar-refractivity contribution in [3.05, 3.63) is 29.0 Å². The van der Waals surface area contributed by atoms with Crippen molar-refractivity contribution >= 4 is 10.9 Å². The van der Waals surface area contributed by atoms with E-state index in [0.717, 1.165) is 22.2 Å². The maximum absolute atomic E-state index is 9.14. The van der Waals surface area contributed by atoms with Gasteiger partial charge in [0.25, 0.3) is 0 Å². The van der Waals surface area contributed by atoms with Gasteiger partial charge in [-0.1, -0.05) is 0 Å². The van der Waals surface area contributed by atoms with E-state index in [1.165, 1.54) is 0 Å². The lowest BCUT2D eigenvalue weighted by molar-refractivity contribution is 0.356. The van der Waals surface area contributed by atoms with Crippen molar-refractivity contribution in [2.75, 3.05) is 14.2 Å². The molecule has 0 aliphatic heterocycles. The highest BCUT2D eigenvalue weighted by Crippen LogP contribution is 2.33. The molecule has 1 aromatic heterocycles. The van der Waals surface area contributed by atoms with E-state index in [1.54, 1.807) is 14.2 Å². The highest BCUT2D eigenvalue weighted by molar-refractivity contribution is 5.87. The molecule has 2 aromatic rings. The number of methoxy groups -OCH3 is 2. The molecule has 0 aliphatic carbocycles. The summed E-state index contributed by atoms with van der Waals surface area (Å²) >= 11 is 0. The standard InChI is InChI=1S/C14H14N2O2/c1-8-10-5-13(17-3)14(18-4)6-12(10)16-9(2)11(8)7-15/h5-6H,1-4H3. The van der Waals surface area contributed by atoms with Crippen LogP contribution < -0.4 is 9.47 Å². The van der Waals surface area contributed by atoms with Gasteiger partial charge in [-0.05, 0) is 25.5 Å². The second kappa shape index (κ2) is 4.53. The second-order valence-electron chi connectivity index (χ2n) is 4.03. The van der Waals surface area contributed by atoms with E-state index >= 15 is 0 Å². The fraction of sp³-hybridized carbons (Fsp3) is 0.286. The zero-order valence-electron chi connectivity index (χ0n) is 10.9. The zero-order valence-corrected chi connectivity index (χ0v) is 10.9. The zero-order chi connectivity index (χ0) is 13.3. The van der Waals surface area contributed by atoms with Crippen LogP contribution >= 0.6 is 0 Å². The SMILES string of the molecule is COc1cc2nc(C)c(C#N)c(C)c2cc1OC. The first kappa shape index (κ1) is 12.2. The van der Waals surface area contributed by atoms with Gasteiger partial charge in [0.15, 0.2) is 11.5 Å². The molecule has 0 saturated heterocycles. The third kappa shape index (κ3) is 1.74. The maximum atomic E-state index is 9.14. The average Bonchev–Trinajstić information content (AvgIpc) is 2.37. The Bertz CT molecular complexity index is 657. The molecule has 0 aliphatic rings. The van der Waals surface area contributed by atoms with Crippen LogP contribution in [0.3, 0.4) is 0 Å². The Balaban J connectivity index is 2.86. The third-order valence-electron chi connectivity index (χ3n) is 3.04. The van der Waals surface area contributed by atoms with Gasteiger partial charge in [-0.2, -0.15) is 5.26 Å². The Hall–Kier alpha value is -2.28. The van der Waals surface area contributed by atoms with Gasteiger partial charge in [0.1, 0.15) is 6.07 Å². The molecule has 1 heterocycles. The van der Waals surface area contributed by atoms with Crippen molar-refractivity contribution in [1.29, 1.82) is 5.26 Å². The highest BCUT2D eigenvalue weighted by Gasteiger charge is 2.13. The van der Waals surface area contributed by atoms with Gasteiger partial charge < -0.3 is 9.47 Å². The van der Waals surface area contributed by atoms with Crippen molar-refractivity contribution in [3.8, 4) is 17.6 Å². The fourth-order valence-electron chi connectivity index (χ4n) is 2.07. The van der Waals surface area contributed by atoms with Gasteiger partial charge in [0.2, 0.25) is 0 Å². The van der Waals surface area contributed by atoms with Crippen LogP contribution in [0, 0.1) is 25.2 Å². The minimum Gasteiger partial charge on any atom is -0.493 e. The summed E-state index contributed by atoms with van der Waals surface area (Å²) in [6.45, 7) is 3.75. The molecule has 0 fully saturated rings. The first-order chi connectivity index (χ1) is 8.62. The maximum Gasteiger partial charge on any atom is 0.162 e. The van der Waals surface area contributed by atoms with Gasteiger partial charge in [0.05, 0.1) is 31.0 Å². The molecular formula is C14H14N2O2. The summed E-state index contributed by atoms with van der Waals surface area (Å²) in [4.78, 5) is 4.43. The van der Waals surface area contributed by atoms with Crippen LogP contribution in [-0.2, 0) is 0 Å². The number of pyridine rings is 1. The van der Waals surface area contributed by atoms with E-state index < -0.39 is 0 Å². The van der Waals surface area contributed by atoms with Gasteiger partial charge in [-0.15, -0.1) is 0 Å². The van der Waals surface area contributed by atoms with Crippen molar-refractivity contribution in [2.24, 2.45) is 0 Å². The van der Waals surface area contributed by atoms with Gasteiger partial charge in [-0.25, -0.2) is 0 Å². The molecule has 0 bridgehead atoms. The van der Waals surface area contributed by atoms with Gasteiger partial charge in [0, 0.05) is 11.5 Å². The molecule has 18 heavy (non-hydrogen) atoms. The number of nitrogens with zero attached hydrogens (tertiary/aromatic N) is 2. The van der Waals surface area contributed by atoms with Crippen LogP contribution in [0.15, 0.2) is 12.1 Å². The quantitative estimate of drug-likeness (QED) is 0.812. The summed E-state index contributed by atoms with van der Waals surface area (Å²) in [7, 11) is 3.18. The monoisotopic (exact) mass is 242 g/mol. The van der Waals surface area contributed by atoms with Crippen LogP contribution in [-0.4, -0.2) is 19.2 Å². The summed E-state index contributed by atoms with van der Waals surface area (Å²) in [5.74, 6) is 1.28. The van der Waals surface area contributed by atoms with Crippen LogP contribution in [0.2, 0.25) is 0 Å². The molecule has 92 valence electrons. The smallest absolute Gasteiger partial charge is 0.162 e. The highest BCUT2D eigenvalue weighted by atomic mass is 16.5. The lowest BCUT2D eigenvalue weighted by Gasteiger charge is -2.12. The van der Waals surface area contributed by atoms with Crippen LogP contribution in [0.25, 0.3) is 10.9 Å². The lowest BCUT2D eigenvalue weighted by Crippen LogP contribution is -1.97. The van der Waals surface area contributed by atoms with E-state index in [9.17, 15) is 0 Å². The number of ether oxygens (including phenoxy) is 2. The summed E-state index contributed by atoms with van der Waals surface area (Å²) in [5.41, 5.74) is 3.08. The first-order valence-electron chi connectivity index (χ1n) is 5.55. The molecule has 0 amide bonds. The summed E-state index contributed by atoms with van der Waals surface area (Å²) in [5, 5.41) is 10.1. The van der Waals surface area contributed by atoms with Crippen molar-refractivity contribution < 1.29 is 9.47 Å². The first-order valence-corrected chi connectivity index (χ1v) is 5.55. The molecule has 0 N–H and O–H groups in total. The Morgan fingerprint density at radius 3 is 2.28 bits per heavy atom. The minimum absolute atomic E-state index is 0.620. The Morgan fingerprint density at radius 1 is 1.11 bits per heavy atom. The third-order valence-corrected chi connectivity index (χ3v) is 3.04. The number of hydrogen-bond donors (Lipinski definition) is 0. The number of hydrogen-bond acceptors (Lipinski definition) is 4. The number of nitriles is 1. The average molecular weight is 242 g/mol. The Kier molecular flexibility index (Phi) is 3.07. The predicted molar refractivity (Wildman–Crippen MR) is 69.0 cm³/mol. The molecular weight excluding hydrogens is 228 g/mol. The van der Waals surface area contributed by atoms with Crippen molar-refractivity contribution in [2.45, 2.75) is 13.8 Å². The molecule has 0 unspecified atom stereocenters. The van der Waals surface area contributed by atoms with E-state index in [-0.39, 0.29) is 0 Å². The number of aromatic nitrogens is 1. The van der Waals surface area contributed by atoms with Crippen molar-refractivity contribution in [1.82, 2.24) is 4.98 Å². The topological polar surface area (TPSA) is 55.1 Å². The molecule has 0 saturated carbocycles. The summed E-state index contributed by atoms with van der Waals surface area (Å²) in [6.07, 6.45) is 0. The lowest BCUT2D eigenvalue weighted by atomic mass is 10.0. The van der Waals surface area contributed by atoms with Crippen LogP contribution in [0.1, 0.15) is 16.8 Å². The number of rotatable bonds is 2. The number of benzene rings is 1. The normalized spacial score (nSPS) is 10.2. The predicted octanol–water partition coefficient (Wildman–Crippen LogP) is 2.74. The van der Waals surface area contributed by atoms with E-state index in [1.807, 2.05) is 26.0 Å². The van der Waals surface area contributed by atoms with Crippen molar-refractivity contribution in [3.63, 3.8) is 0 Å². The van der Waals surface area contributed by atoms with Gasteiger partial charge in [-0.3, -0.25) is 4.98 Å². The molecule has 0 radical (unpaired) electrons. The summed E-state index contributed by atoms with van der Waals surface area (Å²) < 4.78 is 10.5. The van der Waals surface area contributed by atoms with Gasteiger partial charge >= 0.3 is 0 Å². The fourth-order valence-corrected chi connectivity index (χ4v) is 2.07. The van der Waals surface area contributed by atoms with E-state index in [2.05, 4.69) is 11.1 Å². The van der Waals surface area contributed by atoms with Crippen LogP contribution in [0.5, 0.6) is 11.5 Å². The molecule has 4 nitrogen and oxygen atoms in total. The molecule has 4 heteroatoms. The molecule has 0 atom stereocenters. The Morgan fingerprint density at radius 2 is 1.72 bits per heavy atom. The molecule has 0 spiro atoms. The van der Waals surface area contributed by atoms with Crippen LogP contribution in [0.4, 0.5) is 0 Å². The molecule has 1 aromatic carbocycles. The Labute approximate surface area is 106 Å². The number of aryl methyl sites for hydroxylation is 2. The molecule has 2 rings (SSSR count). The number of fused-ring (bicyclic) bond motifs is 1.